The molecule has 2 aromatic rings. The molecule has 0 unspecified atom stereocenters. The second-order valence-corrected chi connectivity index (χ2v) is 6.13. The lowest BCUT2D eigenvalue weighted by Crippen LogP contribution is -2.32. The first-order valence-corrected chi connectivity index (χ1v) is 7.62. The van der Waals surface area contributed by atoms with E-state index < -0.39 is 17.2 Å². The van der Waals surface area contributed by atoms with Crippen molar-refractivity contribution in [3.8, 4) is 0 Å². The normalized spacial score (nSPS) is 15.8. The van der Waals surface area contributed by atoms with Gasteiger partial charge in [-0.15, -0.1) is 0 Å². The lowest BCUT2D eigenvalue weighted by molar-refractivity contribution is -0.137. The van der Waals surface area contributed by atoms with Crippen LogP contribution in [0.1, 0.15) is 34.3 Å². The summed E-state index contributed by atoms with van der Waals surface area (Å²) in [4.78, 5) is 12.2. The molecule has 1 aliphatic rings. The number of amides is 1. The highest BCUT2D eigenvalue weighted by Crippen LogP contribution is 2.48. The first kappa shape index (κ1) is 16.4. The summed E-state index contributed by atoms with van der Waals surface area (Å²) in [6.45, 7) is 0.293. The zero-order valence-corrected chi connectivity index (χ0v) is 12.9. The zero-order chi connectivity index (χ0) is 17.4. The largest absolute Gasteiger partial charge is 0.416 e. The number of rotatable bonds is 4. The number of para-hydroxylation sites is 1. The number of benzene rings is 2. The summed E-state index contributed by atoms with van der Waals surface area (Å²) in [5, 5.41) is 2.80. The second kappa shape index (κ2) is 5.85. The molecule has 2 aromatic carbocycles. The van der Waals surface area contributed by atoms with Gasteiger partial charge in [0.15, 0.2) is 0 Å². The molecule has 1 aliphatic carbocycles. The molecule has 6 heteroatoms. The fraction of sp³-hybridized carbons (Fsp3) is 0.278. The van der Waals surface area contributed by atoms with Gasteiger partial charge in [-0.3, -0.25) is 4.79 Å². The van der Waals surface area contributed by atoms with Gasteiger partial charge in [0.05, 0.1) is 11.1 Å². The Balaban J connectivity index is 1.74. The molecule has 0 radical (unpaired) electrons. The minimum Gasteiger partial charge on any atom is -0.398 e. The number of hydrogen-bond donors (Lipinski definition) is 2. The van der Waals surface area contributed by atoms with Crippen molar-refractivity contribution >= 4 is 11.6 Å². The molecule has 3 nitrogen and oxygen atoms in total. The SMILES string of the molecule is Nc1ccccc1C(=O)NCC1(c2cccc(C(F)(F)F)c2)CC1. The first-order valence-electron chi connectivity index (χ1n) is 7.62. The highest BCUT2D eigenvalue weighted by molar-refractivity contribution is 5.99. The van der Waals surface area contributed by atoms with Gasteiger partial charge in [0, 0.05) is 17.6 Å². The Morgan fingerprint density at radius 1 is 1.12 bits per heavy atom. The van der Waals surface area contributed by atoms with E-state index in [0.717, 1.165) is 18.9 Å². The van der Waals surface area contributed by atoms with Crippen molar-refractivity contribution in [3.05, 3.63) is 65.2 Å². The van der Waals surface area contributed by atoms with Gasteiger partial charge in [0.2, 0.25) is 0 Å². The molecule has 3 rings (SSSR count). The minimum atomic E-state index is -4.37. The topological polar surface area (TPSA) is 55.1 Å². The van der Waals surface area contributed by atoms with Crippen LogP contribution in [0.15, 0.2) is 48.5 Å². The summed E-state index contributed by atoms with van der Waals surface area (Å²) >= 11 is 0. The molecule has 0 aliphatic heterocycles. The minimum absolute atomic E-state index is 0.293. The second-order valence-electron chi connectivity index (χ2n) is 6.13. The number of nitrogens with one attached hydrogen (secondary N) is 1. The van der Waals surface area contributed by atoms with Crippen molar-refractivity contribution in [3.63, 3.8) is 0 Å². The van der Waals surface area contributed by atoms with Crippen LogP contribution in [0, 0.1) is 0 Å². The number of hydrogen-bond acceptors (Lipinski definition) is 2. The third kappa shape index (κ3) is 3.22. The Morgan fingerprint density at radius 2 is 1.83 bits per heavy atom. The fourth-order valence-corrected chi connectivity index (χ4v) is 2.79. The van der Waals surface area contributed by atoms with E-state index in [1.54, 1.807) is 30.3 Å². The van der Waals surface area contributed by atoms with Crippen LogP contribution in [0.5, 0.6) is 0 Å². The van der Waals surface area contributed by atoms with E-state index in [1.807, 2.05) is 0 Å². The molecule has 1 saturated carbocycles. The van der Waals surface area contributed by atoms with Crippen molar-refractivity contribution in [1.82, 2.24) is 5.32 Å². The van der Waals surface area contributed by atoms with Gasteiger partial charge in [-0.2, -0.15) is 13.2 Å². The number of carbonyl (C=O) groups excluding carboxylic acids is 1. The summed E-state index contributed by atoms with van der Waals surface area (Å²) in [6.07, 6.45) is -2.87. The van der Waals surface area contributed by atoms with Gasteiger partial charge in [-0.05, 0) is 36.6 Å². The molecule has 1 amide bonds. The summed E-state index contributed by atoms with van der Waals surface area (Å²) in [5.74, 6) is -0.314. The van der Waals surface area contributed by atoms with Crippen LogP contribution >= 0.6 is 0 Å². The molecule has 1 fully saturated rings. The summed E-state index contributed by atoms with van der Waals surface area (Å²) < 4.78 is 38.6. The Bertz CT molecular complexity index is 767. The van der Waals surface area contributed by atoms with Gasteiger partial charge in [-0.25, -0.2) is 0 Å². The van der Waals surface area contributed by atoms with Crippen molar-refractivity contribution < 1.29 is 18.0 Å². The van der Waals surface area contributed by atoms with Crippen LogP contribution in [0.3, 0.4) is 0 Å². The Hall–Kier alpha value is -2.50. The summed E-state index contributed by atoms with van der Waals surface area (Å²) in [6, 6.07) is 12.0. The average Bonchev–Trinajstić information content (AvgIpc) is 3.34. The van der Waals surface area contributed by atoms with Gasteiger partial charge in [0.25, 0.3) is 5.91 Å². The van der Waals surface area contributed by atoms with Gasteiger partial charge < -0.3 is 11.1 Å². The predicted molar refractivity (Wildman–Crippen MR) is 85.5 cm³/mol. The molecule has 0 heterocycles. The molecule has 0 bridgehead atoms. The Morgan fingerprint density at radius 3 is 2.46 bits per heavy atom. The Kier molecular flexibility index (Phi) is 3.99. The third-order valence-corrected chi connectivity index (χ3v) is 4.45. The Labute approximate surface area is 137 Å². The zero-order valence-electron chi connectivity index (χ0n) is 12.9. The molecule has 126 valence electrons. The van der Waals surface area contributed by atoms with Crippen LogP contribution in [-0.2, 0) is 11.6 Å². The maximum atomic E-state index is 12.9. The van der Waals surface area contributed by atoms with Gasteiger partial charge in [0.1, 0.15) is 0 Å². The number of nitrogen functional groups attached to an aromatic ring is 1. The molecule has 3 N–H and O–H groups in total. The maximum Gasteiger partial charge on any atom is 0.416 e. The van der Waals surface area contributed by atoms with Crippen LogP contribution in [-0.4, -0.2) is 12.5 Å². The van der Waals surface area contributed by atoms with Crippen LogP contribution < -0.4 is 11.1 Å². The molecule has 0 spiro atoms. The van der Waals surface area contributed by atoms with E-state index in [0.29, 0.717) is 23.4 Å². The number of nitrogens with two attached hydrogens (primary N) is 1. The molecule has 0 atom stereocenters. The lowest BCUT2D eigenvalue weighted by Gasteiger charge is -2.18. The number of carbonyl (C=O) groups is 1. The molecule has 0 aromatic heterocycles. The lowest BCUT2D eigenvalue weighted by atomic mass is 9.94. The van der Waals surface area contributed by atoms with Crippen molar-refractivity contribution in [2.24, 2.45) is 0 Å². The monoisotopic (exact) mass is 334 g/mol. The van der Waals surface area contributed by atoms with Crippen LogP contribution in [0.4, 0.5) is 18.9 Å². The van der Waals surface area contributed by atoms with Crippen molar-refractivity contribution in [1.29, 1.82) is 0 Å². The quantitative estimate of drug-likeness (QED) is 0.837. The van der Waals surface area contributed by atoms with Gasteiger partial charge in [-0.1, -0.05) is 30.3 Å². The van der Waals surface area contributed by atoms with E-state index in [2.05, 4.69) is 5.32 Å². The smallest absolute Gasteiger partial charge is 0.398 e. The molecule has 24 heavy (non-hydrogen) atoms. The standard InChI is InChI=1S/C18H17F3N2O/c19-18(20,21)13-5-3-4-12(10-13)17(8-9-17)11-23-16(24)14-6-1-2-7-15(14)22/h1-7,10H,8-9,11,22H2,(H,23,24). The molecule has 0 saturated heterocycles. The van der Waals surface area contributed by atoms with E-state index in [9.17, 15) is 18.0 Å². The van der Waals surface area contributed by atoms with Crippen LogP contribution in [0.25, 0.3) is 0 Å². The number of halogens is 3. The molecular formula is C18H17F3N2O. The molecular weight excluding hydrogens is 317 g/mol. The van der Waals surface area contributed by atoms with Gasteiger partial charge >= 0.3 is 6.18 Å². The van der Waals surface area contributed by atoms with Crippen LogP contribution in [0.2, 0.25) is 0 Å². The third-order valence-electron chi connectivity index (χ3n) is 4.45. The summed E-state index contributed by atoms with van der Waals surface area (Å²) in [7, 11) is 0. The highest BCUT2D eigenvalue weighted by atomic mass is 19.4. The highest BCUT2D eigenvalue weighted by Gasteiger charge is 2.45. The van der Waals surface area contributed by atoms with E-state index in [1.165, 1.54) is 12.1 Å². The number of alkyl halides is 3. The maximum absolute atomic E-state index is 12.9. The van der Waals surface area contributed by atoms with Crippen molar-refractivity contribution in [2.45, 2.75) is 24.4 Å². The fourth-order valence-electron chi connectivity index (χ4n) is 2.79. The van der Waals surface area contributed by atoms with Crippen molar-refractivity contribution in [2.75, 3.05) is 12.3 Å². The number of anilines is 1. The average molecular weight is 334 g/mol. The first-order chi connectivity index (χ1) is 11.3. The van der Waals surface area contributed by atoms with E-state index in [4.69, 9.17) is 5.73 Å². The predicted octanol–water partition coefficient (Wildman–Crippen LogP) is 3.75. The van der Waals surface area contributed by atoms with E-state index in [-0.39, 0.29) is 5.91 Å². The van der Waals surface area contributed by atoms with E-state index >= 15 is 0 Å². The summed E-state index contributed by atoms with van der Waals surface area (Å²) in [5.41, 5.74) is 6.05.